The number of aliphatic hydroxyl groups excluding tert-OH is 1. The lowest BCUT2D eigenvalue weighted by atomic mass is 9.94. The standard InChI is InChI=1S/C15H19N3O3/c1-3-15(2,7-9-19)17-13-4-5-14(18(20)21)11-6-8-16-10-12(11)13/h4-6,8,10,17,19H,3,7,9H2,1-2H3. The predicted octanol–water partition coefficient (Wildman–Crippen LogP) is 3.11. The fraction of sp³-hybridized carbons (Fsp3) is 0.400. The second-order valence-corrected chi connectivity index (χ2v) is 5.32. The number of nitro groups is 1. The maximum absolute atomic E-state index is 11.1. The Morgan fingerprint density at radius 2 is 2.14 bits per heavy atom. The largest absolute Gasteiger partial charge is 0.396 e. The van der Waals surface area contributed by atoms with Gasteiger partial charge in [-0.25, -0.2) is 0 Å². The number of nitro benzene ring substituents is 1. The van der Waals surface area contributed by atoms with Gasteiger partial charge in [0, 0.05) is 41.7 Å². The summed E-state index contributed by atoms with van der Waals surface area (Å²) >= 11 is 0. The van der Waals surface area contributed by atoms with Crippen LogP contribution in [-0.2, 0) is 0 Å². The third kappa shape index (κ3) is 3.11. The highest BCUT2D eigenvalue weighted by Gasteiger charge is 2.23. The predicted molar refractivity (Wildman–Crippen MR) is 82.4 cm³/mol. The first kappa shape index (κ1) is 15.2. The van der Waals surface area contributed by atoms with Crippen LogP contribution in [-0.4, -0.2) is 27.2 Å². The Labute approximate surface area is 123 Å². The van der Waals surface area contributed by atoms with Crippen molar-refractivity contribution in [3.63, 3.8) is 0 Å². The van der Waals surface area contributed by atoms with Crippen LogP contribution in [0.1, 0.15) is 26.7 Å². The summed E-state index contributed by atoms with van der Waals surface area (Å²) < 4.78 is 0. The Morgan fingerprint density at radius 3 is 2.76 bits per heavy atom. The molecule has 1 unspecified atom stereocenters. The molecule has 112 valence electrons. The first-order valence-corrected chi connectivity index (χ1v) is 6.91. The molecule has 2 rings (SSSR count). The Morgan fingerprint density at radius 1 is 1.38 bits per heavy atom. The van der Waals surface area contributed by atoms with Crippen molar-refractivity contribution in [1.82, 2.24) is 4.98 Å². The first-order valence-electron chi connectivity index (χ1n) is 6.91. The molecule has 0 saturated carbocycles. The molecule has 0 fully saturated rings. The number of nitrogens with one attached hydrogen (secondary N) is 1. The van der Waals surface area contributed by atoms with E-state index in [1.54, 1.807) is 24.5 Å². The summed E-state index contributed by atoms with van der Waals surface area (Å²) in [4.78, 5) is 14.8. The minimum atomic E-state index is -0.390. The van der Waals surface area contributed by atoms with Crippen molar-refractivity contribution < 1.29 is 10.0 Å². The van der Waals surface area contributed by atoms with Crippen molar-refractivity contribution in [2.75, 3.05) is 11.9 Å². The topological polar surface area (TPSA) is 88.3 Å². The number of aliphatic hydroxyl groups is 1. The fourth-order valence-electron chi connectivity index (χ4n) is 2.34. The number of nitrogens with zero attached hydrogens (tertiary/aromatic N) is 2. The Balaban J connectivity index is 2.51. The maximum Gasteiger partial charge on any atom is 0.277 e. The van der Waals surface area contributed by atoms with Gasteiger partial charge in [-0.3, -0.25) is 15.1 Å². The number of benzene rings is 1. The number of pyridine rings is 1. The minimum absolute atomic E-state index is 0.0679. The zero-order valence-corrected chi connectivity index (χ0v) is 12.2. The molecule has 2 aromatic rings. The molecule has 0 amide bonds. The normalized spacial score (nSPS) is 13.9. The molecule has 0 radical (unpaired) electrons. The van der Waals surface area contributed by atoms with Gasteiger partial charge in [0.05, 0.1) is 10.3 Å². The molecular formula is C15H19N3O3. The van der Waals surface area contributed by atoms with Crippen molar-refractivity contribution >= 4 is 22.1 Å². The average Bonchev–Trinajstić information content (AvgIpc) is 2.47. The van der Waals surface area contributed by atoms with Crippen molar-refractivity contribution in [1.29, 1.82) is 0 Å². The van der Waals surface area contributed by atoms with Crippen molar-refractivity contribution in [3.8, 4) is 0 Å². The summed E-state index contributed by atoms with van der Waals surface area (Å²) in [5, 5.41) is 25.0. The molecule has 0 aliphatic carbocycles. The van der Waals surface area contributed by atoms with Crippen molar-refractivity contribution in [2.24, 2.45) is 0 Å². The number of non-ortho nitro benzene ring substituents is 1. The molecule has 6 nitrogen and oxygen atoms in total. The van der Waals surface area contributed by atoms with E-state index in [4.69, 9.17) is 0 Å². The van der Waals surface area contributed by atoms with Gasteiger partial charge in [0.2, 0.25) is 0 Å². The van der Waals surface area contributed by atoms with Crippen molar-refractivity contribution in [3.05, 3.63) is 40.7 Å². The summed E-state index contributed by atoms with van der Waals surface area (Å²) in [6.45, 7) is 4.14. The van der Waals surface area contributed by atoms with Gasteiger partial charge in [0.25, 0.3) is 5.69 Å². The fourth-order valence-corrected chi connectivity index (χ4v) is 2.34. The lowest BCUT2D eigenvalue weighted by Gasteiger charge is -2.30. The Hall–Kier alpha value is -2.21. The molecule has 1 aromatic heterocycles. The summed E-state index contributed by atoms with van der Waals surface area (Å²) in [7, 11) is 0. The van der Waals surface area contributed by atoms with E-state index in [-0.39, 0.29) is 17.8 Å². The van der Waals surface area contributed by atoms with Gasteiger partial charge in [0.1, 0.15) is 0 Å². The lowest BCUT2D eigenvalue weighted by Crippen LogP contribution is -2.35. The third-order valence-corrected chi connectivity index (χ3v) is 3.87. The van der Waals surface area contributed by atoms with Crippen LogP contribution in [0.2, 0.25) is 0 Å². The Bertz CT molecular complexity index is 660. The van der Waals surface area contributed by atoms with Crippen LogP contribution in [0, 0.1) is 10.1 Å². The molecule has 2 N–H and O–H groups in total. The number of fused-ring (bicyclic) bond motifs is 1. The molecule has 1 heterocycles. The van der Waals surface area contributed by atoms with Gasteiger partial charge in [-0.2, -0.15) is 0 Å². The quantitative estimate of drug-likeness (QED) is 0.630. The second kappa shape index (κ2) is 6.05. The summed E-state index contributed by atoms with van der Waals surface area (Å²) in [6, 6.07) is 4.85. The number of hydrogen-bond donors (Lipinski definition) is 2. The van der Waals surface area contributed by atoms with Crippen LogP contribution in [0.3, 0.4) is 0 Å². The van der Waals surface area contributed by atoms with Crippen LogP contribution in [0.25, 0.3) is 10.8 Å². The molecule has 1 atom stereocenters. The highest BCUT2D eigenvalue weighted by molar-refractivity contribution is 5.99. The van der Waals surface area contributed by atoms with E-state index in [9.17, 15) is 15.2 Å². The van der Waals surface area contributed by atoms with Gasteiger partial charge in [-0.15, -0.1) is 0 Å². The van der Waals surface area contributed by atoms with E-state index >= 15 is 0 Å². The number of aromatic nitrogens is 1. The van der Waals surface area contributed by atoms with Crippen LogP contribution in [0.15, 0.2) is 30.6 Å². The van der Waals surface area contributed by atoms with E-state index in [0.29, 0.717) is 17.2 Å². The minimum Gasteiger partial charge on any atom is -0.396 e. The van der Waals surface area contributed by atoms with E-state index in [2.05, 4.69) is 10.3 Å². The molecule has 21 heavy (non-hydrogen) atoms. The Kier molecular flexibility index (Phi) is 4.37. The van der Waals surface area contributed by atoms with Gasteiger partial charge in [-0.1, -0.05) is 6.92 Å². The zero-order chi connectivity index (χ0) is 15.5. The van der Waals surface area contributed by atoms with E-state index < -0.39 is 4.92 Å². The van der Waals surface area contributed by atoms with Gasteiger partial charge in [0.15, 0.2) is 0 Å². The van der Waals surface area contributed by atoms with Crippen LogP contribution in [0.5, 0.6) is 0 Å². The smallest absolute Gasteiger partial charge is 0.277 e. The zero-order valence-electron chi connectivity index (χ0n) is 12.2. The highest BCUT2D eigenvalue weighted by atomic mass is 16.6. The summed E-state index contributed by atoms with van der Waals surface area (Å²) in [5.74, 6) is 0. The first-order chi connectivity index (χ1) is 10.0. The number of hydrogen-bond acceptors (Lipinski definition) is 5. The monoisotopic (exact) mass is 289 g/mol. The molecule has 0 aliphatic heterocycles. The molecule has 1 aromatic carbocycles. The number of rotatable bonds is 6. The highest BCUT2D eigenvalue weighted by Crippen LogP contribution is 2.33. The van der Waals surface area contributed by atoms with Crippen LogP contribution < -0.4 is 5.32 Å². The van der Waals surface area contributed by atoms with Gasteiger partial charge >= 0.3 is 0 Å². The maximum atomic E-state index is 11.1. The van der Waals surface area contributed by atoms with E-state index in [1.807, 2.05) is 13.8 Å². The second-order valence-electron chi connectivity index (χ2n) is 5.32. The number of anilines is 1. The summed E-state index contributed by atoms with van der Waals surface area (Å²) in [6.07, 6.45) is 4.60. The van der Waals surface area contributed by atoms with Gasteiger partial charge < -0.3 is 10.4 Å². The molecular weight excluding hydrogens is 270 g/mol. The van der Waals surface area contributed by atoms with Crippen LogP contribution in [0.4, 0.5) is 11.4 Å². The van der Waals surface area contributed by atoms with E-state index in [1.165, 1.54) is 6.07 Å². The van der Waals surface area contributed by atoms with E-state index in [0.717, 1.165) is 12.1 Å². The summed E-state index contributed by atoms with van der Waals surface area (Å²) in [5.41, 5.74) is 0.591. The molecule has 0 bridgehead atoms. The lowest BCUT2D eigenvalue weighted by molar-refractivity contribution is -0.383. The van der Waals surface area contributed by atoms with Gasteiger partial charge in [-0.05, 0) is 31.9 Å². The molecule has 0 saturated heterocycles. The van der Waals surface area contributed by atoms with Crippen molar-refractivity contribution in [2.45, 2.75) is 32.2 Å². The average molecular weight is 289 g/mol. The van der Waals surface area contributed by atoms with Crippen LogP contribution >= 0.6 is 0 Å². The third-order valence-electron chi connectivity index (χ3n) is 3.87. The molecule has 0 spiro atoms. The SMILES string of the molecule is CCC(C)(CCO)Nc1ccc([N+](=O)[O-])c2ccncc12. The molecule has 6 heteroatoms. The molecule has 0 aliphatic rings.